The van der Waals surface area contributed by atoms with Gasteiger partial charge >= 0.3 is 0 Å². The highest BCUT2D eigenvalue weighted by molar-refractivity contribution is 7.88. The van der Waals surface area contributed by atoms with Gasteiger partial charge in [-0.25, -0.2) is 13.1 Å². The van der Waals surface area contributed by atoms with Crippen LogP contribution in [0.15, 0.2) is 18.2 Å². The van der Waals surface area contributed by atoms with Crippen molar-refractivity contribution in [1.29, 1.82) is 0 Å². The van der Waals surface area contributed by atoms with Gasteiger partial charge in [-0.2, -0.15) is 0 Å². The fourth-order valence-electron chi connectivity index (χ4n) is 3.08. The molecule has 2 atom stereocenters. The maximum absolute atomic E-state index is 12.7. The highest BCUT2D eigenvalue weighted by Crippen LogP contribution is 2.35. The first-order valence-electron chi connectivity index (χ1n) is 8.49. The molecule has 0 bridgehead atoms. The number of aliphatic hydroxyl groups is 1. The second-order valence-electron chi connectivity index (χ2n) is 6.15. The smallest absolute Gasteiger partial charge is 0.224 e. The van der Waals surface area contributed by atoms with E-state index in [0.717, 1.165) is 11.8 Å². The number of benzene rings is 1. The Morgan fingerprint density at radius 1 is 1.33 bits per heavy atom. The van der Waals surface area contributed by atoms with Crippen molar-refractivity contribution in [3.63, 3.8) is 0 Å². The van der Waals surface area contributed by atoms with Crippen molar-refractivity contribution in [2.24, 2.45) is 0 Å². The van der Waals surface area contributed by atoms with Crippen molar-refractivity contribution < 1.29 is 32.5 Å². The van der Waals surface area contributed by atoms with E-state index in [-0.39, 0.29) is 25.5 Å². The molecule has 1 aliphatic rings. The molecule has 1 saturated heterocycles. The van der Waals surface area contributed by atoms with Crippen molar-refractivity contribution in [3.8, 4) is 11.5 Å². The molecule has 1 aromatic carbocycles. The second-order valence-corrected chi connectivity index (χ2v) is 7.99. The van der Waals surface area contributed by atoms with Gasteiger partial charge in [0.15, 0.2) is 11.5 Å². The lowest BCUT2D eigenvalue weighted by atomic mass is 9.97. The van der Waals surface area contributed by atoms with Crippen molar-refractivity contribution in [2.45, 2.75) is 18.6 Å². The number of sulfonamides is 1. The number of nitrogens with one attached hydrogen (secondary N) is 1. The minimum absolute atomic E-state index is 0.00894. The van der Waals surface area contributed by atoms with Crippen LogP contribution in [0.4, 0.5) is 0 Å². The molecule has 10 heteroatoms. The molecule has 0 aliphatic carbocycles. The van der Waals surface area contributed by atoms with E-state index in [1.807, 2.05) is 0 Å². The zero-order chi connectivity index (χ0) is 20.0. The quantitative estimate of drug-likeness (QED) is 0.624. The predicted octanol–water partition coefficient (Wildman–Crippen LogP) is -0.0961. The third-order valence-electron chi connectivity index (χ3n) is 4.30. The summed E-state index contributed by atoms with van der Waals surface area (Å²) in [5.41, 5.74) is 0.732. The molecule has 1 fully saturated rings. The van der Waals surface area contributed by atoms with Crippen molar-refractivity contribution >= 4 is 15.9 Å². The van der Waals surface area contributed by atoms with Crippen LogP contribution >= 0.6 is 0 Å². The number of carbonyl (C=O) groups is 1. The van der Waals surface area contributed by atoms with Crippen molar-refractivity contribution in [3.05, 3.63) is 23.8 Å². The van der Waals surface area contributed by atoms with Crippen molar-refractivity contribution in [1.82, 2.24) is 9.62 Å². The zero-order valence-electron chi connectivity index (χ0n) is 15.7. The average molecular weight is 402 g/mol. The third kappa shape index (κ3) is 5.55. The van der Waals surface area contributed by atoms with Gasteiger partial charge < -0.3 is 24.2 Å². The molecule has 0 saturated carbocycles. The standard InChI is InChI=1S/C17H26N2O7S/c1-24-13-5-4-12(10-14(13)25-2)17-15(11-20)26-9-8-19(17)16(21)6-7-18-27(3,22)23/h4-5,10,15,17-18,20H,6-9,11H2,1-3H3/t15-,17-/m1/s1. The second kappa shape index (κ2) is 9.36. The van der Waals surface area contributed by atoms with Crippen LogP contribution in [0, 0.1) is 0 Å². The van der Waals surface area contributed by atoms with Crippen LogP contribution in [0.3, 0.4) is 0 Å². The van der Waals surface area contributed by atoms with Gasteiger partial charge in [0.05, 0.1) is 39.7 Å². The van der Waals surface area contributed by atoms with Gasteiger partial charge in [0.25, 0.3) is 0 Å². The van der Waals surface area contributed by atoms with E-state index in [2.05, 4.69) is 4.72 Å². The maximum atomic E-state index is 12.7. The average Bonchev–Trinajstić information content (AvgIpc) is 2.65. The number of hydrogen-bond acceptors (Lipinski definition) is 7. The van der Waals surface area contributed by atoms with Gasteiger partial charge in [0.2, 0.25) is 15.9 Å². The Balaban J connectivity index is 2.26. The van der Waals surface area contributed by atoms with E-state index in [9.17, 15) is 18.3 Å². The third-order valence-corrected chi connectivity index (χ3v) is 5.03. The number of nitrogens with zero attached hydrogens (tertiary/aromatic N) is 1. The fraction of sp³-hybridized carbons (Fsp3) is 0.588. The van der Waals surface area contributed by atoms with Gasteiger partial charge in [-0.1, -0.05) is 6.07 Å². The number of rotatable bonds is 8. The normalized spacial score (nSPS) is 20.4. The summed E-state index contributed by atoms with van der Waals surface area (Å²) in [6.45, 7) is 0.384. The van der Waals surface area contributed by atoms with Gasteiger partial charge in [0.1, 0.15) is 6.10 Å². The highest BCUT2D eigenvalue weighted by Gasteiger charge is 2.36. The van der Waals surface area contributed by atoms with E-state index >= 15 is 0 Å². The molecule has 0 unspecified atom stereocenters. The Morgan fingerprint density at radius 2 is 2.04 bits per heavy atom. The van der Waals surface area contributed by atoms with E-state index in [1.54, 1.807) is 23.1 Å². The van der Waals surface area contributed by atoms with Gasteiger partial charge in [0, 0.05) is 19.5 Å². The lowest BCUT2D eigenvalue weighted by Crippen LogP contribution is -2.50. The Bertz CT molecular complexity index is 754. The molecule has 9 nitrogen and oxygen atoms in total. The molecule has 1 heterocycles. The number of carbonyl (C=O) groups excluding carboxylic acids is 1. The van der Waals surface area contributed by atoms with E-state index < -0.39 is 22.2 Å². The summed E-state index contributed by atoms with van der Waals surface area (Å²) < 4.78 is 40.9. The van der Waals surface area contributed by atoms with Crippen LogP contribution in [0.2, 0.25) is 0 Å². The van der Waals surface area contributed by atoms with Crippen LogP contribution in [0.1, 0.15) is 18.0 Å². The Hall–Kier alpha value is -1.88. The number of aliphatic hydroxyl groups excluding tert-OH is 1. The van der Waals surface area contributed by atoms with Crippen LogP contribution in [0.25, 0.3) is 0 Å². The number of hydrogen-bond donors (Lipinski definition) is 2. The summed E-state index contributed by atoms with van der Waals surface area (Å²) in [5.74, 6) is 0.824. The lowest BCUT2D eigenvalue weighted by molar-refractivity contribution is -0.149. The SMILES string of the molecule is COc1ccc([C@@H]2[C@@H](CO)OCCN2C(=O)CCNS(C)(=O)=O)cc1OC. The van der Waals surface area contributed by atoms with E-state index in [4.69, 9.17) is 14.2 Å². The summed E-state index contributed by atoms with van der Waals surface area (Å²) in [7, 11) is -0.318. The molecule has 2 rings (SSSR count). The Labute approximate surface area is 159 Å². The fourth-order valence-corrected chi connectivity index (χ4v) is 3.56. The minimum Gasteiger partial charge on any atom is -0.493 e. The maximum Gasteiger partial charge on any atom is 0.224 e. The molecule has 0 spiro atoms. The Morgan fingerprint density at radius 3 is 2.63 bits per heavy atom. The summed E-state index contributed by atoms with van der Waals surface area (Å²) in [5, 5.41) is 9.72. The molecule has 1 aromatic rings. The van der Waals surface area contributed by atoms with E-state index in [1.165, 1.54) is 14.2 Å². The van der Waals surface area contributed by atoms with Crippen LogP contribution in [-0.2, 0) is 19.6 Å². The summed E-state index contributed by atoms with van der Waals surface area (Å²) >= 11 is 0. The molecule has 1 aliphatic heterocycles. The molecular weight excluding hydrogens is 376 g/mol. The van der Waals surface area contributed by atoms with Crippen LogP contribution in [-0.4, -0.2) is 77.2 Å². The minimum atomic E-state index is -3.36. The molecule has 0 radical (unpaired) electrons. The first-order chi connectivity index (χ1) is 12.8. The monoisotopic (exact) mass is 402 g/mol. The summed E-state index contributed by atoms with van der Waals surface area (Å²) in [4.78, 5) is 14.3. The van der Waals surface area contributed by atoms with E-state index in [0.29, 0.717) is 24.7 Å². The van der Waals surface area contributed by atoms with Crippen LogP contribution < -0.4 is 14.2 Å². The molecule has 0 aromatic heterocycles. The molecule has 152 valence electrons. The summed E-state index contributed by atoms with van der Waals surface area (Å²) in [6.07, 6.45) is 0.457. The number of amides is 1. The van der Waals surface area contributed by atoms with Gasteiger partial charge in [-0.15, -0.1) is 0 Å². The van der Waals surface area contributed by atoms with Crippen LogP contribution in [0.5, 0.6) is 11.5 Å². The predicted molar refractivity (Wildman–Crippen MR) is 98.3 cm³/mol. The zero-order valence-corrected chi connectivity index (χ0v) is 16.5. The topological polar surface area (TPSA) is 114 Å². The molecule has 2 N–H and O–H groups in total. The van der Waals surface area contributed by atoms with Gasteiger partial charge in [-0.3, -0.25) is 4.79 Å². The number of ether oxygens (including phenoxy) is 3. The first-order valence-corrected chi connectivity index (χ1v) is 10.4. The van der Waals surface area contributed by atoms with Gasteiger partial charge in [-0.05, 0) is 17.7 Å². The first kappa shape index (κ1) is 21.4. The number of morpholine rings is 1. The highest BCUT2D eigenvalue weighted by atomic mass is 32.2. The molecule has 27 heavy (non-hydrogen) atoms. The molecular formula is C17H26N2O7S. The largest absolute Gasteiger partial charge is 0.493 e. The summed E-state index contributed by atoms with van der Waals surface area (Å²) in [6, 6.07) is 4.74. The lowest BCUT2D eigenvalue weighted by Gasteiger charge is -2.41. The van der Waals surface area contributed by atoms with Crippen molar-refractivity contribution in [2.75, 3.05) is 46.8 Å². The number of methoxy groups -OCH3 is 2. The molecule has 1 amide bonds. The Kier molecular flexibility index (Phi) is 7.42.